The highest BCUT2D eigenvalue weighted by atomic mass is 79.9. The fraction of sp³-hybridized carbons (Fsp3) is 0.500. The molecule has 0 aliphatic heterocycles. The summed E-state index contributed by atoms with van der Waals surface area (Å²) < 4.78 is 1.16. The second kappa shape index (κ2) is 6.03. The van der Waals surface area contributed by atoms with Gasteiger partial charge in [-0.3, -0.25) is 0 Å². The van der Waals surface area contributed by atoms with Gasteiger partial charge in [-0.15, -0.1) is 0 Å². The Morgan fingerprint density at radius 2 is 1.78 bits per heavy atom. The van der Waals surface area contributed by atoms with Gasteiger partial charge in [0.2, 0.25) is 0 Å². The summed E-state index contributed by atoms with van der Waals surface area (Å²) >= 11 is 3.51. The molecule has 0 unspecified atom stereocenters. The zero-order chi connectivity index (χ0) is 13.0. The summed E-state index contributed by atoms with van der Waals surface area (Å²) in [5, 5.41) is 3.63. The van der Waals surface area contributed by atoms with Gasteiger partial charge in [0, 0.05) is 16.4 Å². The highest BCUT2D eigenvalue weighted by Gasteiger charge is 2.32. The third-order valence-electron chi connectivity index (χ3n) is 3.66. The maximum atomic E-state index is 3.63. The van der Waals surface area contributed by atoms with Gasteiger partial charge in [0.1, 0.15) is 0 Å². The first kappa shape index (κ1) is 13.8. The summed E-state index contributed by atoms with van der Waals surface area (Å²) in [5.74, 6) is 0.710. The summed E-state index contributed by atoms with van der Waals surface area (Å²) in [7, 11) is 0. The normalized spacial score (nSPS) is 17.6. The molecule has 0 spiro atoms. The molecule has 0 radical (unpaired) electrons. The second-order valence-corrected chi connectivity index (χ2v) is 6.61. The monoisotopic (exact) mass is 307 g/mol. The van der Waals surface area contributed by atoms with E-state index >= 15 is 0 Å². The molecule has 0 aromatic heterocycles. The summed E-state index contributed by atoms with van der Waals surface area (Å²) in [6, 6.07) is 8.82. The number of benzene rings is 1. The molecule has 1 aromatic rings. The van der Waals surface area contributed by atoms with Gasteiger partial charge in [-0.05, 0) is 43.0 Å². The van der Waals surface area contributed by atoms with Crippen molar-refractivity contribution in [2.24, 2.45) is 5.92 Å². The lowest BCUT2D eigenvalue weighted by molar-refractivity contribution is 0.402. The number of allylic oxidation sites excluding steroid dienone is 2. The number of hydrogen-bond donors (Lipinski definition) is 1. The van der Waals surface area contributed by atoms with Crippen LogP contribution in [-0.2, 0) is 5.41 Å². The molecule has 1 aliphatic rings. The summed E-state index contributed by atoms with van der Waals surface area (Å²) in [6.07, 6.45) is 6.94. The van der Waals surface area contributed by atoms with Gasteiger partial charge in [-0.25, -0.2) is 0 Å². The van der Waals surface area contributed by atoms with Crippen molar-refractivity contribution in [3.8, 4) is 0 Å². The first-order valence-corrected chi connectivity index (χ1v) is 7.53. The zero-order valence-corrected chi connectivity index (χ0v) is 12.8. The van der Waals surface area contributed by atoms with Crippen LogP contribution in [0.5, 0.6) is 0 Å². The minimum atomic E-state index is 0.273. The lowest BCUT2D eigenvalue weighted by atomic mass is 9.78. The van der Waals surface area contributed by atoms with Crippen molar-refractivity contribution in [1.82, 2.24) is 5.32 Å². The van der Waals surface area contributed by atoms with Gasteiger partial charge < -0.3 is 5.32 Å². The highest BCUT2D eigenvalue weighted by molar-refractivity contribution is 9.10. The molecule has 98 valence electrons. The van der Waals surface area contributed by atoms with Gasteiger partial charge in [-0.2, -0.15) is 0 Å². The van der Waals surface area contributed by atoms with E-state index in [1.807, 2.05) is 0 Å². The predicted molar refractivity (Wildman–Crippen MR) is 81.9 cm³/mol. The van der Waals surface area contributed by atoms with Gasteiger partial charge >= 0.3 is 0 Å². The van der Waals surface area contributed by atoms with Crippen molar-refractivity contribution in [2.75, 3.05) is 13.1 Å². The molecule has 2 heteroatoms. The van der Waals surface area contributed by atoms with Crippen LogP contribution in [0.2, 0.25) is 0 Å². The van der Waals surface area contributed by atoms with Gasteiger partial charge in [0.05, 0.1) is 0 Å². The molecule has 0 saturated heterocycles. The van der Waals surface area contributed by atoms with E-state index in [1.54, 1.807) is 0 Å². The Kier molecular flexibility index (Phi) is 4.63. The summed E-state index contributed by atoms with van der Waals surface area (Å²) in [5.41, 5.74) is 1.72. The Hall–Kier alpha value is -0.600. The fourth-order valence-corrected chi connectivity index (χ4v) is 2.85. The first-order chi connectivity index (χ1) is 8.62. The molecule has 18 heavy (non-hydrogen) atoms. The Morgan fingerprint density at radius 3 is 2.33 bits per heavy atom. The van der Waals surface area contributed by atoms with Crippen LogP contribution in [0.1, 0.15) is 32.3 Å². The van der Waals surface area contributed by atoms with Crippen LogP contribution in [0.3, 0.4) is 0 Å². The Balaban J connectivity index is 2.09. The molecule has 1 aromatic carbocycles. The molecule has 0 amide bonds. The quantitative estimate of drug-likeness (QED) is 0.801. The largest absolute Gasteiger partial charge is 0.316 e. The third-order valence-corrected chi connectivity index (χ3v) is 4.19. The van der Waals surface area contributed by atoms with E-state index in [4.69, 9.17) is 0 Å². The Morgan fingerprint density at radius 1 is 1.17 bits per heavy atom. The molecule has 0 bridgehead atoms. The van der Waals surface area contributed by atoms with E-state index in [9.17, 15) is 0 Å². The average Bonchev–Trinajstić information content (AvgIpc) is 2.79. The van der Waals surface area contributed by atoms with Crippen LogP contribution in [0.25, 0.3) is 0 Å². The van der Waals surface area contributed by atoms with Crippen molar-refractivity contribution in [3.05, 3.63) is 46.5 Å². The maximum absolute atomic E-state index is 3.63. The lowest BCUT2D eigenvalue weighted by Crippen LogP contribution is -2.37. The van der Waals surface area contributed by atoms with Gasteiger partial charge in [0.25, 0.3) is 0 Å². The van der Waals surface area contributed by atoms with Crippen molar-refractivity contribution >= 4 is 15.9 Å². The van der Waals surface area contributed by atoms with E-state index in [0.29, 0.717) is 5.92 Å². The van der Waals surface area contributed by atoms with E-state index in [1.165, 1.54) is 5.56 Å². The summed E-state index contributed by atoms with van der Waals surface area (Å²) in [4.78, 5) is 0. The molecule has 0 heterocycles. The molecule has 1 aliphatic carbocycles. The van der Waals surface area contributed by atoms with Crippen molar-refractivity contribution in [3.63, 3.8) is 0 Å². The van der Waals surface area contributed by atoms with Crippen molar-refractivity contribution in [2.45, 2.75) is 32.1 Å². The molecular formula is C16H22BrN. The van der Waals surface area contributed by atoms with Crippen molar-refractivity contribution in [1.29, 1.82) is 0 Å². The third kappa shape index (κ3) is 3.24. The predicted octanol–water partition coefficient (Wildman–Crippen LogP) is 4.28. The topological polar surface area (TPSA) is 12.0 Å². The standard InChI is InChI=1S/C16H22BrN/c1-13(2)11-18-12-16(9-3-4-10-16)14-5-7-15(17)8-6-14/h3-8,13,18H,9-12H2,1-2H3. The average molecular weight is 308 g/mol. The molecule has 2 rings (SSSR count). The number of rotatable bonds is 5. The second-order valence-electron chi connectivity index (χ2n) is 5.69. The van der Waals surface area contributed by atoms with E-state index < -0.39 is 0 Å². The Labute approximate surface area is 119 Å². The Bertz CT molecular complexity index is 398. The van der Waals surface area contributed by atoms with Gasteiger partial charge in [0.15, 0.2) is 0 Å². The molecular weight excluding hydrogens is 286 g/mol. The van der Waals surface area contributed by atoms with Gasteiger partial charge in [-0.1, -0.05) is 54.1 Å². The highest BCUT2D eigenvalue weighted by Crippen LogP contribution is 2.37. The van der Waals surface area contributed by atoms with Crippen LogP contribution in [0.4, 0.5) is 0 Å². The molecule has 1 N–H and O–H groups in total. The SMILES string of the molecule is CC(C)CNCC1(c2ccc(Br)cc2)CC=CC1. The minimum absolute atomic E-state index is 0.273. The smallest absolute Gasteiger partial charge is 0.0175 e. The van der Waals surface area contributed by atoms with E-state index in [2.05, 4.69) is 71.5 Å². The minimum Gasteiger partial charge on any atom is -0.316 e. The van der Waals surface area contributed by atoms with E-state index in [0.717, 1.165) is 30.4 Å². The maximum Gasteiger partial charge on any atom is 0.0175 e. The number of halogens is 1. The van der Waals surface area contributed by atoms with Crippen LogP contribution in [0, 0.1) is 5.92 Å². The fourth-order valence-electron chi connectivity index (χ4n) is 2.59. The molecule has 0 fully saturated rings. The molecule has 0 saturated carbocycles. The van der Waals surface area contributed by atoms with Crippen LogP contribution < -0.4 is 5.32 Å². The zero-order valence-electron chi connectivity index (χ0n) is 11.2. The summed E-state index contributed by atoms with van der Waals surface area (Å²) in [6.45, 7) is 6.68. The number of nitrogens with one attached hydrogen (secondary N) is 1. The van der Waals surface area contributed by atoms with Crippen LogP contribution in [0.15, 0.2) is 40.9 Å². The lowest BCUT2D eigenvalue weighted by Gasteiger charge is -2.30. The molecule has 1 nitrogen and oxygen atoms in total. The number of hydrogen-bond acceptors (Lipinski definition) is 1. The molecule has 0 atom stereocenters. The van der Waals surface area contributed by atoms with E-state index in [-0.39, 0.29) is 5.41 Å². The van der Waals surface area contributed by atoms with Crippen LogP contribution >= 0.6 is 15.9 Å². The first-order valence-electron chi connectivity index (χ1n) is 6.74. The van der Waals surface area contributed by atoms with Crippen LogP contribution in [-0.4, -0.2) is 13.1 Å². The van der Waals surface area contributed by atoms with Crippen molar-refractivity contribution < 1.29 is 0 Å².